The molecular weight excluding hydrogens is 433 g/mol. The molecule has 168 valence electrons. The fraction of sp³-hybridized carbons (Fsp3) is 0.526. The number of carbonyl (C=O) groups excluding carboxylic acids is 1. The number of sulfonamides is 1. The van der Waals surface area contributed by atoms with Gasteiger partial charge in [-0.05, 0) is 37.8 Å². The average molecular weight is 461 g/mol. The molecule has 1 aliphatic rings. The maximum absolute atomic E-state index is 12.0. The lowest BCUT2D eigenvalue weighted by atomic mass is 9.89. The third-order valence-corrected chi connectivity index (χ3v) is 7.22. The number of phenolic OH excluding ortho intramolecular Hbond substituents is 1. The highest BCUT2D eigenvalue weighted by molar-refractivity contribution is 7.88. The summed E-state index contributed by atoms with van der Waals surface area (Å²) in [5, 5.41) is 10.7. The SMILES string of the molecule is CCc1c(C)c2c(c(O)c1C/C=C(\C)CN(CCP(=O)(O)O)S(C)(=O)=O)C(=O)OC2. The minimum absolute atomic E-state index is 0.0347. The van der Waals surface area contributed by atoms with Crippen LogP contribution in [0.15, 0.2) is 11.6 Å². The monoisotopic (exact) mass is 461 g/mol. The molecule has 1 aromatic rings. The zero-order chi connectivity index (χ0) is 22.9. The molecule has 1 aliphatic heterocycles. The number of allylic oxidation sites excluding steroid dienone is 1. The Labute approximate surface area is 176 Å². The summed E-state index contributed by atoms with van der Waals surface area (Å²) in [5.74, 6) is -0.670. The standard InChI is InChI=1S/C19H28NO8PS/c1-5-14-13(3)16-11-28-19(22)17(16)18(21)15(14)7-6-12(2)10-20(30(4,26)27)8-9-29(23,24)25/h6,21H,5,7-11H2,1-4H3,(H2,23,24,25)/b12-6+. The molecule has 0 fully saturated rings. The molecule has 2 rings (SSSR count). The number of phenols is 1. The summed E-state index contributed by atoms with van der Waals surface area (Å²) in [6.45, 7) is 5.33. The predicted octanol–water partition coefficient (Wildman–Crippen LogP) is 1.86. The Hall–Kier alpha value is -1.71. The van der Waals surface area contributed by atoms with Gasteiger partial charge in [-0.25, -0.2) is 13.2 Å². The van der Waals surface area contributed by atoms with Crippen molar-refractivity contribution in [3.05, 3.63) is 39.5 Å². The van der Waals surface area contributed by atoms with Crippen LogP contribution in [0.25, 0.3) is 0 Å². The second kappa shape index (κ2) is 9.20. The molecule has 0 atom stereocenters. The van der Waals surface area contributed by atoms with Crippen molar-refractivity contribution in [1.82, 2.24) is 4.31 Å². The van der Waals surface area contributed by atoms with Gasteiger partial charge in [-0.1, -0.05) is 18.6 Å². The van der Waals surface area contributed by atoms with E-state index in [1.807, 2.05) is 13.8 Å². The third-order valence-electron chi connectivity index (χ3n) is 5.19. The zero-order valence-electron chi connectivity index (χ0n) is 17.5. The molecule has 0 radical (unpaired) electrons. The minimum Gasteiger partial charge on any atom is -0.507 e. The molecule has 0 unspecified atom stereocenters. The molecule has 1 heterocycles. The van der Waals surface area contributed by atoms with Crippen molar-refractivity contribution in [2.75, 3.05) is 25.5 Å². The van der Waals surface area contributed by atoms with Crippen LogP contribution in [-0.4, -0.2) is 59.1 Å². The summed E-state index contributed by atoms with van der Waals surface area (Å²) in [6.07, 6.45) is 3.08. The number of carbonyl (C=O) groups is 1. The molecule has 1 aromatic carbocycles. The van der Waals surface area contributed by atoms with Crippen LogP contribution in [0.3, 0.4) is 0 Å². The van der Waals surface area contributed by atoms with Gasteiger partial charge in [0.05, 0.1) is 12.4 Å². The average Bonchev–Trinajstić information content (AvgIpc) is 3.00. The Kier molecular flexibility index (Phi) is 7.53. The van der Waals surface area contributed by atoms with E-state index in [-0.39, 0.29) is 37.4 Å². The number of aromatic hydroxyl groups is 1. The number of esters is 1. The fourth-order valence-corrected chi connectivity index (χ4v) is 5.06. The molecule has 11 heteroatoms. The number of ether oxygens (including phenoxy) is 1. The quantitative estimate of drug-likeness (QED) is 0.287. The van der Waals surface area contributed by atoms with E-state index in [0.29, 0.717) is 23.1 Å². The Morgan fingerprint density at radius 3 is 2.47 bits per heavy atom. The molecule has 9 nitrogen and oxygen atoms in total. The van der Waals surface area contributed by atoms with E-state index in [2.05, 4.69) is 0 Å². The van der Waals surface area contributed by atoms with E-state index in [4.69, 9.17) is 14.5 Å². The summed E-state index contributed by atoms with van der Waals surface area (Å²) in [5.41, 5.74) is 3.93. The highest BCUT2D eigenvalue weighted by Crippen LogP contribution is 2.38. The maximum Gasteiger partial charge on any atom is 0.342 e. The Morgan fingerprint density at radius 1 is 1.30 bits per heavy atom. The second-order valence-electron chi connectivity index (χ2n) is 7.45. The molecule has 0 saturated heterocycles. The molecule has 0 aromatic heterocycles. The van der Waals surface area contributed by atoms with Crippen molar-refractivity contribution in [3.63, 3.8) is 0 Å². The van der Waals surface area contributed by atoms with Gasteiger partial charge in [-0.15, -0.1) is 0 Å². The van der Waals surface area contributed by atoms with E-state index < -0.39 is 29.8 Å². The van der Waals surface area contributed by atoms with Gasteiger partial charge in [0.25, 0.3) is 0 Å². The van der Waals surface area contributed by atoms with Crippen molar-refractivity contribution in [2.24, 2.45) is 0 Å². The summed E-state index contributed by atoms with van der Waals surface area (Å²) < 4.78 is 41.1. The van der Waals surface area contributed by atoms with Crippen molar-refractivity contribution in [2.45, 2.75) is 40.2 Å². The topological polar surface area (TPSA) is 141 Å². The highest BCUT2D eigenvalue weighted by atomic mass is 32.2. The van der Waals surface area contributed by atoms with Crippen molar-refractivity contribution >= 4 is 23.6 Å². The first kappa shape index (κ1) is 24.6. The molecule has 3 N–H and O–H groups in total. The zero-order valence-corrected chi connectivity index (χ0v) is 19.2. The second-order valence-corrected chi connectivity index (χ2v) is 11.2. The first-order chi connectivity index (χ1) is 13.8. The number of nitrogens with zero attached hydrogens (tertiary/aromatic N) is 1. The Morgan fingerprint density at radius 2 is 1.93 bits per heavy atom. The van der Waals surface area contributed by atoms with Gasteiger partial charge in [0.15, 0.2) is 0 Å². The lowest BCUT2D eigenvalue weighted by Crippen LogP contribution is -2.34. The van der Waals surface area contributed by atoms with E-state index >= 15 is 0 Å². The van der Waals surface area contributed by atoms with Crippen LogP contribution in [-0.2, 0) is 38.8 Å². The van der Waals surface area contributed by atoms with Crippen molar-refractivity contribution in [3.8, 4) is 5.75 Å². The summed E-state index contributed by atoms with van der Waals surface area (Å²) in [4.78, 5) is 30.1. The van der Waals surface area contributed by atoms with E-state index in [1.54, 1.807) is 13.0 Å². The van der Waals surface area contributed by atoms with Gasteiger partial charge in [0, 0.05) is 24.2 Å². The van der Waals surface area contributed by atoms with Crippen molar-refractivity contribution < 1.29 is 37.4 Å². The number of cyclic esters (lactones) is 1. The molecule has 0 aliphatic carbocycles. The predicted molar refractivity (Wildman–Crippen MR) is 112 cm³/mol. The van der Waals surface area contributed by atoms with Crippen LogP contribution in [0, 0.1) is 6.92 Å². The molecular formula is C19H28NO8PS. The molecule has 30 heavy (non-hydrogen) atoms. The molecule has 0 saturated carbocycles. The van der Waals surface area contributed by atoms with Crippen LogP contribution in [0.5, 0.6) is 5.75 Å². The van der Waals surface area contributed by atoms with E-state index in [0.717, 1.165) is 21.7 Å². The third kappa shape index (κ3) is 5.70. The van der Waals surface area contributed by atoms with E-state index in [1.165, 1.54) is 0 Å². The van der Waals surface area contributed by atoms with Crippen LogP contribution in [0.4, 0.5) is 0 Å². The maximum atomic E-state index is 12.0. The van der Waals surface area contributed by atoms with Gasteiger partial charge in [0.1, 0.15) is 17.9 Å². The first-order valence-corrected chi connectivity index (χ1v) is 13.1. The number of fused-ring (bicyclic) bond motifs is 1. The number of hydrogen-bond donors (Lipinski definition) is 3. The summed E-state index contributed by atoms with van der Waals surface area (Å²) in [7, 11) is -8.00. The molecule has 0 spiro atoms. The van der Waals surface area contributed by atoms with E-state index in [9.17, 15) is 22.9 Å². The van der Waals surface area contributed by atoms with Crippen LogP contribution >= 0.6 is 7.60 Å². The lowest BCUT2D eigenvalue weighted by molar-refractivity contribution is 0.0533. The van der Waals surface area contributed by atoms with Crippen LogP contribution < -0.4 is 0 Å². The van der Waals surface area contributed by atoms with Gasteiger partial charge < -0.3 is 19.6 Å². The van der Waals surface area contributed by atoms with Crippen molar-refractivity contribution in [1.29, 1.82) is 0 Å². The van der Waals surface area contributed by atoms with Gasteiger partial charge in [-0.2, -0.15) is 4.31 Å². The first-order valence-electron chi connectivity index (χ1n) is 9.44. The van der Waals surface area contributed by atoms with Gasteiger partial charge >= 0.3 is 13.6 Å². The Balaban J connectivity index is 2.30. The number of benzene rings is 1. The number of rotatable bonds is 9. The van der Waals surface area contributed by atoms with Crippen LogP contribution in [0.2, 0.25) is 0 Å². The molecule has 0 bridgehead atoms. The Bertz CT molecular complexity index is 1030. The summed E-state index contributed by atoms with van der Waals surface area (Å²) in [6, 6.07) is 0. The smallest absolute Gasteiger partial charge is 0.342 e. The fourth-order valence-electron chi connectivity index (χ4n) is 3.56. The van der Waals surface area contributed by atoms with Crippen LogP contribution in [0.1, 0.15) is 46.5 Å². The molecule has 0 amide bonds. The van der Waals surface area contributed by atoms with Gasteiger partial charge in [0.2, 0.25) is 10.0 Å². The minimum atomic E-state index is -4.33. The lowest BCUT2D eigenvalue weighted by Gasteiger charge is -2.21. The van der Waals surface area contributed by atoms with Gasteiger partial charge in [-0.3, -0.25) is 4.57 Å². The largest absolute Gasteiger partial charge is 0.507 e. The number of hydrogen-bond acceptors (Lipinski definition) is 6. The normalized spacial score (nSPS) is 14.9. The highest BCUT2D eigenvalue weighted by Gasteiger charge is 2.31. The summed E-state index contributed by atoms with van der Waals surface area (Å²) >= 11 is 0.